The first-order chi connectivity index (χ1) is 10.1. The van der Waals surface area contributed by atoms with Crippen LogP contribution in [0.15, 0.2) is 12.1 Å². The molecule has 2 heterocycles. The van der Waals surface area contributed by atoms with Gasteiger partial charge in [0, 0.05) is 24.1 Å². The van der Waals surface area contributed by atoms with Crippen LogP contribution in [-0.4, -0.2) is 31.1 Å². The van der Waals surface area contributed by atoms with Crippen LogP contribution >= 0.6 is 0 Å². The van der Waals surface area contributed by atoms with Crippen LogP contribution in [0.1, 0.15) is 48.4 Å². The summed E-state index contributed by atoms with van der Waals surface area (Å²) in [5.74, 6) is 1.44. The Kier molecular flexibility index (Phi) is 4.51. The molecule has 3 heteroatoms. The number of hydrogen-bond donors (Lipinski definition) is 1. The lowest BCUT2D eigenvalue weighted by molar-refractivity contribution is 0.140. The summed E-state index contributed by atoms with van der Waals surface area (Å²) in [6.07, 6.45) is 5.42. The van der Waals surface area contributed by atoms with Crippen molar-refractivity contribution in [2.75, 3.05) is 26.2 Å². The fraction of sp³-hybridized carbons (Fsp3) is 0.667. The largest absolute Gasteiger partial charge is 0.493 e. The van der Waals surface area contributed by atoms with E-state index in [-0.39, 0.29) is 6.04 Å². The molecule has 0 aliphatic carbocycles. The lowest BCUT2D eigenvalue weighted by Gasteiger charge is -2.35. The van der Waals surface area contributed by atoms with Gasteiger partial charge in [0.25, 0.3) is 0 Å². The monoisotopic (exact) mass is 288 g/mol. The number of benzene rings is 1. The molecule has 0 radical (unpaired) electrons. The van der Waals surface area contributed by atoms with Crippen LogP contribution in [0.5, 0.6) is 5.75 Å². The van der Waals surface area contributed by atoms with Crippen LogP contribution in [0.3, 0.4) is 0 Å². The molecule has 0 amide bonds. The Morgan fingerprint density at radius 1 is 1.14 bits per heavy atom. The van der Waals surface area contributed by atoms with Gasteiger partial charge in [-0.05, 0) is 45.3 Å². The van der Waals surface area contributed by atoms with E-state index in [2.05, 4.69) is 30.9 Å². The van der Waals surface area contributed by atoms with Gasteiger partial charge in [-0.15, -0.1) is 0 Å². The highest BCUT2D eigenvalue weighted by Crippen LogP contribution is 2.37. The van der Waals surface area contributed by atoms with Gasteiger partial charge in [0.05, 0.1) is 6.61 Å². The fourth-order valence-corrected chi connectivity index (χ4v) is 3.80. The highest BCUT2D eigenvalue weighted by atomic mass is 16.5. The first-order valence-corrected chi connectivity index (χ1v) is 8.37. The molecule has 0 aromatic heterocycles. The molecule has 2 unspecified atom stereocenters. The first kappa shape index (κ1) is 14.9. The molecule has 1 aromatic rings. The topological polar surface area (TPSA) is 38.5 Å². The third-order valence-corrected chi connectivity index (χ3v) is 4.95. The van der Waals surface area contributed by atoms with Gasteiger partial charge in [-0.25, -0.2) is 0 Å². The van der Waals surface area contributed by atoms with E-state index in [1.54, 1.807) is 0 Å². The van der Waals surface area contributed by atoms with Gasteiger partial charge in [0.15, 0.2) is 0 Å². The third-order valence-electron chi connectivity index (χ3n) is 4.95. The van der Waals surface area contributed by atoms with Crippen molar-refractivity contribution >= 4 is 0 Å². The van der Waals surface area contributed by atoms with E-state index in [0.29, 0.717) is 5.92 Å². The molecule has 1 saturated heterocycles. The quantitative estimate of drug-likeness (QED) is 0.908. The Morgan fingerprint density at radius 2 is 1.86 bits per heavy atom. The summed E-state index contributed by atoms with van der Waals surface area (Å²) in [5.41, 5.74) is 10.3. The normalized spacial score (nSPS) is 26.8. The number of aryl methyl sites for hydroxylation is 2. The standard InChI is InChI=1S/C18H28N2O/c1-13-9-14(2)18-16(10-13)17(19)15(12-21-18)11-20-7-5-3-4-6-8-20/h9-10,15,17H,3-8,11-12,19H2,1-2H3. The number of ether oxygens (including phenoxy) is 1. The molecule has 0 spiro atoms. The van der Waals surface area contributed by atoms with Gasteiger partial charge in [0.2, 0.25) is 0 Å². The van der Waals surface area contributed by atoms with E-state index in [1.165, 1.54) is 55.5 Å². The lowest BCUT2D eigenvalue weighted by Crippen LogP contribution is -2.40. The van der Waals surface area contributed by atoms with Crippen LogP contribution in [-0.2, 0) is 0 Å². The number of fused-ring (bicyclic) bond motifs is 1. The molecule has 1 aromatic carbocycles. The molecule has 1 fully saturated rings. The molecule has 3 rings (SSSR count). The molecule has 116 valence electrons. The molecule has 0 bridgehead atoms. The van der Waals surface area contributed by atoms with E-state index >= 15 is 0 Å². The molecule has 2 N–H and O–H groups in total. The van der Waals surface area contributed by atoms with Gasteiger partial charge in [-0.1, -0.05) is 30.5 Å². The molecule has 3 nitrogen and oxygen atoms in total. The van der Waals surface area contributed by atoms with Crippen molar-refractivity contribution in [3.8, 4) is 5.75 Å². The second kappa shape index (κ2) is 6.37. The Bertz CT molecular complexity index is 492. The third kappa shape index (κ3) is 3.24. The molecule has 2 aliphatic heterocycles. The number of nitrogens with two attached hydrogens (primary N) is 1. The highest BCUT2D eigenvalue weighted by molar-refractivity contribution is 5.46. The summed E-state index contributed by atoms with van der Waals surface area (Å²) in [7, 11) is 0. The highest BCUT2D eigenvalue weighted by Gasteiger charge is 2.30. The van der Waals surface area contributed by atoms with Gasteiger partial charge >= 0.3 is 0 Å². The summed E-state index contributed by atoms with van der Waals surface area (Å²) in [4.78, 5) is 2.59. The van der Waals surface area contributed by atoms with Crippen LogP contribution in [0.2, 0.25) is 0 Å². The average molecular weight is 288 g/mol. The average Bonchev–Trinajstić information content (AvgIpc) is 2.71. The van der Waals surface area contributed by atoms with E-state index in [1.807, 2.05) is 0 Å². The van der Waals surface area contributed by atoms with E-state index in [0.717, 1.165) is 18.9 Å². The molecular formula is C18H28N2O. The SMILES string of the molecule is Cc1cc(C)c2c(c1)C(N)C(CN1CCCCCC1)CO2. The van der Waals surface area contributed by atoms with Gasteiger partial charge in [-0.2, -0.15) is 0 Å². The predicted molar refractivity (Wildman–Crippen MR) is 86.7 cm³/mol. The maximum atomic E-state index is 6.58. The summed E-state index contributed by atoms with van der Waals surface area (Å²) in [6, 6.07) is 4.50. The minimum atomic E-state index is 0.107. The summed E-state index contributed by atoms with van der Waals surface area (Å²) in [6.45, 7) is 8.54. The van der Waals surface area contributed by atoms with Crippen LogP contribution in [0.4, 0.5) is 0 Å². The second-order valence-corrected chi connectivity index (χ2v) is 6.81. The lowest BCUT2D eigenvalue weighted by atomic mass is 9.88. The number of nitrogens with zero attached hydrogens (tertiary/aromatic N) is 1. The number of likely N-dealkylation sites (tertiary alicyclic amines) is 1. The zero-order valence-corrected chi connectivity index (χ0v) is 13.4. The van der Waals surface area contributed by atoms with Crippen LogP contribution in [0, 0.1) is 19.8 Å². The Balaban J connectivity index is 1.74. The van der Waals surface area contributed by atoms with Gasteiger partial charge in [-0.3, -0.25) is 0 Å². The second-order valence-electron chi connectivity index (χ2n) is 6.81. The maximum Gasteiger partial charge on any atom is 0.127 e. The van der Waals surface area contributed by atoms with Crippen molar-refractivity contribution in [2.45, 2.75) is 45.6 Å². The molecule has 2 atom stereocenters. The molecule has 21 heavy (non-hydrogen) atoms. The fourth-order valence-electron chi connectivity index (χ4n) is 3.80. The zero-order chi connectivity index (χ0) is 14.8. The first-order valence-electron chi connectivity index (χ1n) is 8.37. The van der Waals surface area contributed by atoms with Crippen molar-refractivity contribution in [1.82, 2.24) is 4.90 Å². The smallest absolute Gasteiger partial charge is 0.127 e. The van der Waals surface area contributed by atoms with Crippen LogP contribution in [0.25, 0.3) is 0 Å². The summed E-state index contributed by atoms with van der Waals surface area (Å²) in [5, 5.41) is 0. The van der Waals surface area contributed by atoms with Crippen molar-refractivity contribution < 1.29 is 4.74 Å². The number of hydrogen-bond acceptors (Lipinski definition) is 3. The van der Waals surface area contributed by atoms with Crippen molar-refractivity contribution in [1.29, 1.82) is 0 Å². The Hall–Kier alpha value is -1.06. The van der Waals surface area contributed by atoms with E-state index < -0.39 is 0 Å². The van der Waals surface area contributed by atoms with Crippen molar-refractivity contribution in [3.05, 3.63) is 28.8 Å². The summed E-state index contributed by atoms with van der Waals surface area (Å²) < 4.78 is 6.06. The maximum absolute atomic E-state index is 6.58. The minimum Gasteiger partial charge on any atom is -0.493 e. The van der Waals surface area contributed by atoms with E-state index in [4.69, 9.17) is 10.5 Å². The predicted octanol–water partition coefficient (Wildman–Crippen LogP) is 3.19. The minimum absolute atomic E-state index is 0.107. The van der Waals surface area contributed by atoms with Gasteiger partial charge in [0.1, 0.15) is 5.75 Å². The van der Waals surface area contributed by atoms with Crippen LogP contribution < -0.4 is 10.5 Å². The van der Waals surface area contributed by atoms with Gasteiger partial charge < -0.3 is 15.4 Å². The summed E-state index contributed by atoms with van der Waals surface area (Å²) >= 11 is 0. The molecular weight excluding hydrogens is 260 g/mol. The zero-order valence-electron chi connectivity index (χ0n) is 13.4. The Labute approximate surface area is 128 Å². The number of rotatable bonds is 2. The van der Waals surface area contributed by atoms with Crippen molar-refractivity contribution in [3.63, 3.8) is 0 Å². The van der Waals surface area contributed by atoms with E-state index in [9.17, 15) is 0 Å². The Morgan fingerprint density at radius 3 is 2.57 bits per heavy atom. The molecule has 2 aliphatic rings. The molecule has 0 saturated carbocycles. The van der Waals surface area contributed by atoms with Crippen molar-refractivity contribution in [2.24, 2.45) is 11.7 Å².